The fourth-order valence-corrected chi connectivity index (χ4v) is 5.04. The summed E-state index contributed by atoms with van der Waals surface area (Å²) in [6.45, 7) is 2.94. The van der Waals surface area contributed by atoms with Gasteiger partial charge in [-0.05, 0) is 41.3 Å². The smallest absolute Gasteiger partial charge is 0.285 e. The predicted octanol–water partition coefficient (Wildman–Crippen LogP) is 3.25. The van der Waals surface area contributed by atoms with E-state index in [-0.39, 0.29) is 23.2 Å². The third-order valence-corrected chi connectivity index (χ3v) is 6.93. The molecule has 1 amide bonds. The standard InChI is InChI=1S/C25H26N4O3S/c1-3-19-10-12-20(13-11-19)16-29(17-21-7-6-14-26-15-21)24(30)18-28(2)25-22-8-4-5-9-23(22)33(31,32)27-25/h4-15H,3,16-18H2,1-2H3. The van der Waals surface area contributed by atoms with Gasteiger partial charge in [-0.2, -0.15) is 8.42 Å². The maximum atomic E-state index is 13.4. The van der Waals surface area contributed by atoms with Crippen LogP contribution in [-0.2, 0) is 34.3 Å². The van der Waals surface area contributed by atoms with Crippen molar-refractivity contribution in [2.45, 2.75) is 31.3 Å². The number of amides is 1. The maximum absolute atomic E-state index is 13.4. The van der Waals surface area contributed by atoms with Crippen LogP contribution in [0.1, 0.15) is 29.2 Å². The lowest BCUT2D eigenvalue weighted by Gasteiger charge is -2.26. The van der Waals surface area contributed by atoms with Crippen molar-refractivity contribution in [1.29, 1.82) is 0 Å². The van der Waals surface area contributed by atoms with E-state index in [1.54, 1.807) is 47.4 Å². The van der Waals surface area contributed by atoms with Gasteiger partial charge in [0.15, 0.2) is 5.84 Å². The van der Waals surface area contributed by atoms with E-state index < -0.39 is 10.0 Å². The van der Waals surface area contributed by atoms with Crippen molar-refractivity contribution < 1.29 is 13.2 Å². The molecular weight excluding hydrogens is 436 g/mol. The van der Waals surface area contributed by atoms with E-state index in [9.17, 15) is 13.2 Å². The number of sulfonamides is 1. The van der Waals surface area contributed by atoms with Crippen molar-refractivity contribution in [1.82, 2.24) is 14.8 Å². The summed E-state index contributed by atoms with van der Waals surface area (Å²) in [5, 5.41) is 0. The van der Waals surface area contributed by atoms with Crippen molar-refractivity contribution in [2.24, 2.45) is 4.40 Å². The Hall–Kier alpha value is -3.52. The normalized spacial score (nSPS) is 13.8. The Morgan fingerprint density at radius 1 is 0.909 bits per heavy atom. The van der Waals surface area contributed by atoms with Gasteiger partial charge in [-0.1, -0.05) is 49.4 Å². The number of hydrogen-bond donors (Lipinski definition) is 0. The van der Waals surface area contributed by atoms with E-state index >= 15 is 0 Å². The molecule has 0 N–H and O–H groups in total. The van der Waals surface area contributed by atoms with Gasteiger partial charge in [-0.25, -0.2) is 0 Å². The summed E-state index contributed by atoms with van der Waals surface area (Å²) in [5.74, 6) is 0.151. The molecule has 0 aliphatic carbocycles. The number of amidine groups is 1. The van der Waals surface area contributed by atoms with Crippen LogP contribution in [0.5, 0.6) is 0 Å². The van der Waals surface area contributed by atoms with Gasteiger partial charge in [0.2, 0.25) is 5.91 Å². The number of nitrogens with zero attached hydrogens (tertiary/aromatic N) is 4. The second-order valence-corrected chi connectivity index (χ2v) is 9.60. The van der Waals surface area contributed by atoms with Gasteiger partial charge in [0.1, 0.15) is 4.90 Å². The molecule has 0 fully saturated rings. The van der Waals surface area contributed by atoms with Crippen LogP contribution in [0.25, 0.3) is 0 Å². The molecule has 0 bridgehead atoms. The van der Waals surface area contributed by atoms with Crippen LogP contribution in [0.3, 0.4) is 0 Å². The summed E-state index contributed by atoms with van der Waals surface area (Å²) in [6.07, 6.45) is 4.40. The second kappa shape index (κ2) is 9.54. The molecule has 7 nitrogen and oxygen atoms in total. The number of carbonyl (C=O) groups excluding carboxylic acids is 1. The molecule has 0 radical (unpaired) electrons. The number of fused-ring (bicyclic) bond motifs is 1. The van der Waals surface area contributed by atoms with Gasteiger partial charge < -0.3 is 9.80 Å². The number of benzene rings is 2. The minimum absolute atomic E-state index is 0.00397. The van der Waals surface area contributed by atoms with Crippen LogP contribution < -0.4 is 0 Å². The van der Waals surface area contributed by atoms with Gasteiger partial charge in [0, 0.05) is 38.1 Å². The Bertz CT molecular complexity index is 1270. The van der Waals surface area contributed by atoms with Crippen LogP contribution in [0.15, 0.2) is 82.4 Å². The molecule has 3 aromatic rings. The maximum Gasteiger partial charge on any atom is 0.285 e. The first-order chi connectivity index (χ1) is 15.9. The number of hydrogen-bond acceptors (Lipinski definition) is 5. The average Bonchev–Trinajstić information content (AvgIpc) is 3.11. The predicted molar refractivity (Wildman–Crippen MR) is 127 cm³/mol. The molecule has 0 saturated carbocycles. The summed E-state index contributed by atoms with van der Waals surface area (Å²) in [5.41, 5.74) is 3.70. The Morgan fingerprint density at radius 3 is 2.30 bits per heavy atom. The zero-order valence-electron chi connectivity index (χ0n) is 18.7. The molecule has 0 unspecified atom stereocenters. The number of aryl methyl sites for hydroxylation is 1. The van der Waals surface area contributed by atoms with E-state index in [0.29, 0.717) is 18.7 Å². The monoisotopic (exact) mass is 462 g/mol. The Kier molecular flexibility index (Phi) is 6.55. The lowest BCUT2D eigenvalue weighted by Crippen LogP contribution is -2.40. The van der Waals surface area contributed by atoms with E-state index in [0.717, 1.165) is 17.5 Å². The Balaban J connectivity index is 1.55. The lowest BCUT2D eigenvalue weighted by atomic mass is 10.1. The highest BCUT2D eigenvalue weighted by Gasteiger charge is 2.31. The third kappa shape index (κ3) is 5.12. The first-order valence-electron chi connectivity index (χ1n) is 10.8. The quantitative estimate of drug-likeness (QED) is 0.538. The Labute approximate surface area is 194 Å². The number of aromatic nitrogens is 1. The average molecular weight is 463 g/mol. The minimum Gasteiger partial charge on any atom is -0.349 e. The van der Waals surface area contributed by atoms with Crippen molar-refractivity contribution >= 4 is 21.8 Å². The fourth-order valence-electron chi connectivity index (χ4n) is 3.79. The summed E-state index contributed by atoms with van der Waals surface area (Å²) in [7, 11) is -2.06. The number of pyridine rings is 1. The molecule has 8 heteroatoms. The molecule has 0 saturated heterocycles. The molecule has 0 spiro atoms. The van der Waals surface area contributed by atoms with Crippen LogP contribution in [0.4, 0.5) is 0 Å². The first kappa shape index (κ1) is 22.7. The van der Waals surface area contributed by atoms with Gasteiger partial charge in [0.05, 0.1) is 6.54 Å². The third-order valence-electron chi connectivity index (χ3n) is 5.60. The molecule has 1 aliphatic rings. The van der Waals surface area contributed by atoms with Crippen LogP contribution in [0, 0.1) is 0 Å². The van der Waals surface area contributed by atoms with E-state index in [1.165, 1.54) is 11.6 Å². The molecule has 2 aromatic carbocycles. The van der Waals surface area contributed by atoms with Crippen molar-refractivity contribution in [3.8, 4) is 0 Å². The minimum atomic E-state index is -3.75. The number of rotatable bonds is 7. The largest absolute Gasteiger partial charge is 0.349 e. The van der Waals surface area contributed by atoms with Crippen LogP contribution in [-0.4, -0.2) is 48.5 Å². The first-order valence-corrected chi connectivity index (χ1v) is 12.2. The van der Waals surface area contributed by atoms with Gasteiger partial charge in [0.25, 0.3) is 10.0 Å². The molecule has 33 heavy (non-hydrogen) atoms. The molecule has 1 aliphatic heterocycles. The van der Waals surface area contributed by atoms with Gasteiger partial charge in [-0.15, -0.1) is 4.40 Å². The molecular formula is C25H26N4O3S. The summed E-state index contributed by atoms with van der Waals surface area (Å²) in [4.78, 5) is 21.1. The van der Waals surface area contributed by atoms with Crippen molar-refractivity contribution in [2.75, 3.05) is 13.6 Å². The zero-order valence-corrected chi connectivity index (χ0v) is 19.5. The molecule has 170 valence electrons. The summed E-state index contributed by atoms with van der Waals surface area (Å²) < 4.78 is 28.7. The highest BCUT2D eigenvalue weighted by molar-refractivity contribution is 7.90. The highest BCUT2D eigenvalue weighted by Crippen LogP contribution is 2.27. The van der Waals surface area contributed by atoms with E-state index in [4.69, 9.17) is 0 Å². The fraction of sp³-hybridized carbons (Fsp3) is 0.240. The summed E-state index contributed by atoms with van der Waals surface area (Å²) >= 11 is 0. The van der Waals surface area contributed by atoms with Crippen molar-refractivity contribution in [3.63, 3.8) is 0 Å². The molecule has 1 aromatic heterocycles. The Morgan fingerprint density at radius 2 is 1.61 bits per heavy atom. The van der Waals surface area contributed by atoms with Crippen LogP contribution >= 0.6 is 0 Å². The molecule has 4 rings (SSSR count). The van der Waals surface area contributed by atoms with Crippen LogP contribution in [0.2, 0.25) is 0 Å². The van der Waals surface area contributed by atoms with Crippen molar-refractivity contribution in [3.05, 3.63) is 95.3 Å². The highest BCUT2D eigenvalue weighted by atomic mass is 32.2. The zero-order chi connectivity index (χ0) is 23.4. The molecule has 0 atom stereocenters. The summed E-state index contributed by atoms with van der Waals surface area (Å²) in [6, 6.07) is 18.7. The molecule has 2 heterocycles. The topological polar surface area (TPSA) is 82.9 Å². The van der Waals surface area contributed by atoms with Gasteiger partial charge >= 0.3 is 0 Å². The SMILES string of the molecule is CCc1ccc(CN(Cc2cccnc2)C(=O)CN(C)C2=NS(=O)(=O)c3ccccc32)cc1. The van der Waals surface area contributed by atoms with E-state index in [1.807, 2.05) is 24.3 Å². The number of carbonyl (C=O) groups is 1. The van der Waals surface area contributed by atoms with E-state index in [2.05, 4.69) is 28.4 Å². The lowest BCUT2D eigenvalue weighted by molar-refractivity contribution is -0.132. The van der Waals surface area contributed by atoms with Gasteiger partial charge in [-0.3, -0.25) is 9.78 Å². The number of likely N-dealkylation sites (N-methyl/N-ethyl adjacent to an activating group) is 1. The second-order valence-electron chi connectivity index (χ2n) is 8.02.